The summed E-state index contributed by atoms with van der Waals surface area (Å²) in [4.78, 5) is 14.7. The third kappa shape index (κ3) is 2.45. The van der Waals surface area contributed by atoms with Crippen LogP contribution in [0.25, 0.3) is 0 Å². The van der Waals surface area contributed by atoms with Crippen LogP contribution in [0.2, 0.25) is 0 Å². The van der Waals surface area contributed by atoms with Gasteiger partial charge in [0.1, 0.15) is 5.75 Å². The number of Topliss-reactive ketones (excluding diaryl/α,β-unsaturated/α-hetero) is 1. The van der Waals surface area contributed by atoms with E-state index in [1.54, 1.807) is 24.3 Å². The van der Waals surface area contributed by atoms with Crippen LogP contribution in [-0.2, 0) is 0 Å². The number of aliphatic hydroxyl groups is 1. The fourth-order valence-electron chi connectivity index (χ4n) is 3.65. The molecular formula is C16H21NO3. The van der Waals surface area contributed by atoms with Gasteiger partial charge in [0.2, 0.25) is 0 Å². The highest BCUT2D eigenvalue weighted by atomic mass is 16.3. The normalized spacial score (nSPS) is 31.2. The minimum Gasteiger partial charge on any atom is -0.508 e. The number of carbonyl (C=O) groups is 1. The number of aliphatic hydroxyl groups excluding tert-OH is 1. The number of rotatable bonds is 3. The third-order valence-electron chi connectivity index (χ3n) is 4.83. The molecule has 0 spiro atoms. The summed E-state index contributed by atoms with van der Waals surface area (Å²) in [5.41, 5.74) is 0.646. The van der Waals surface area contributed by atoms with Crippen molar-refractivity contribution in [1.82, 2.24) is 4.90 Å². The first-order valence-corrected chi connectivity index (χ1v) is 7.30. The van der Waals surface area contributed by atoms with Gasteiger partial charge in [0, 0.05) is 18.7 Å². The lowest BCUT2D eigenvalue weighted by Crippen LogP contribution is -2.38. The van der Waals surface area contributed by atoms with E-state index in [9.17, 15) is 15.0 Å². The highest BCUT2D eigenvalue weighted by molar-refractivity contribution is 5.99. The fourth-order valence-corrected chi connectivity index (χ4v) is 3.65. The SMILES string of the molecule is CC(C(=O)c1ccc(O)cc1)N1C[C@H]2CC(O)C[C@H]2C1. The van der Waals surface area contributed by atoms with Gasteiger partial charge in [-0.25, -0.2) is 0 Å². The molecule has 1 aromatic carbocycles. The fraction of sp³-hybridized carbons (Fsp3) is 0.562. The maximum absolute atomic E-state index is 12.5. The predicted octanol–water partition coefficient (Wildman–Crippen LogP) is 1.67. The van der Waals surface area contributed by atoms with Crippen LogP contribution in [0, 0.1) is 11.8 Å². The van der Waals surface area contributed by atoms with E-state index in [0.717, 1.165) is 25.9 Å². The van der Waals surface area contributed by atoms with Crippen LogP contribution >= 0.6 is 0 Å². The summed E-state index contributed by atoms with van der Waals surface area (Å²) in [6.07, 6.45) is 1.61. The minimum absolute atomic E-state index is 0.102. The second kappa shape index (κ2) is 5.19. The van der Waals surface area contributed by atoms with E-state index in [1.807, 2.05) is 6.92 Å². The van der Waals surface area contributed by atoms with Crippen LogP contribution in [-0.4, -0.2) is 46.1 Å². The van der Waals surface area contributed by atoms with Crippen molar-refractivity contribution in [2.24, 2.45) is 11.8 Å². The smallest absolute Gasteiger partial charge is 0.179 e. The first kappa shape index (κ1) is 13.6. The molecule has 1 saturated carbocycles. The minimum atomic E-state index is -0.143. The Morgan fingerprint density at radius 3 is 2.30 bits per heavy atom. The number of benzene rings is 1. The van der Waals surface area contributed by atoms with Gasteiger partial charge in [0.25, 0.3) is 0 Å². The molecule has 0 amide bonds. The van der Waals surface area contributed by atoms with Crippen LogP contribution in [0.4, 0.5) is 0 Å². The molecule has 0 aromatic heterocycles. The molecule has 0 radical (unpaired) electrons. The first-order chi connectivity index (χ1) is 9.54. The highest BCUT2D eigenvalue weighted by Crippen LogP contribution is 2.38. The number of ketones is 1. The number of nitrogens with zero attached hydrogens (tertiary/aromatic N) is 1. The van der Waals surface area contributed by atoms with Gasteiger partial charge in [0.15, 0.2) is 5.78 Å². The van der Waals surface area contributed by atoms with Crippen molar-refractivity contribution >= 4 is 5.78 Å². The molecule has 1 saturated heterocycles. The number of hydrogen-bond donors (Lipinski definition) is 2. The maximum Gasteiger partial charge on any atom is 0.179 e. The molecule has 1 aliphatic heterocycles. The lowest BCUT2D eigenvalue weighted by molar-refractivity contribution is 0.0847. The van der Waals surface area contributed by atoms with E-state index in [2.05, 4.69) is 4.90 Å². The Bertz CT molecular complexity index is 485. The number of hydrogen-bond acceptors (Lipinski definition) is 4. The zero-order valence-electron chi connectivity index (χ0n) is 11.7. The number of aromatic hydroxyl groups is 1. The highest BCUT2D eigenvalue weighted by Gasteiger charge is 2.42. The van der Waals surface area contributed by atoms with Gasteiger partial charge in [0.05, 0.1) is 12.1 Å². The summed E-state index contributed by atoms with van der Waals surface area (Å²) >= 11 is 0. The lowest BCUT2D eigenvalue weighted by Gasteiger charge is -2.24. The van der Waals surface area contributed by atoms with E-state index < -0.39 is 0 Å². The van der Waals surface area contributed by atoms with E-state index in [1.165, 1.54) is 0 Å². The van der Waals surface area contributed by atoms with Gasteiger partial charge in [-0.1, -0.05) is 0 Å². The van der Waals surface area contributed by atoms with Crippen molar-refractivity contribution in [2.45, 2.75) is 31.9 Å². The average molecular weight is 275 g/mol. The molecule has 1 heterocycles. The Morgan fingerprint density at radius 2 is 1.75 bits per heavy atom. The summed E-state index contributed by atoms with van der Waals surface area (Å²) in [5, 5.41) is 18.9. The van der Waals surface area contributed by atoms with Crippen LogP contribution in [0.3, 0.4) is 0 Å². The van der Waals surface area contributed by atoms with Crippen molar-refractivity contribution in [3.05, 3.63) is 29.8 Å². The van der Waals surface area contributed by atoms with E-state index in [4.69, 9.17) is 0 Å². The molecule has 0 bridgehead atoms. The molecule has 1 aromatic rings. The standard InChI is InChI=1S/C16H21NO3/c1-10(16(20)11-2-4-14(18)5-3-11)17-8-12-6-15(19)7-13(12)9-17/h2-5,10,12-13,15,18-19H,6-9H2,1H3/t10?,12-,13+,15?. The van der Waals surface area contributed by atoms with Gasteiger partial charge in [-0.15, -0.1) is 0 Å². The second-order valence-electron chi connectivity index (χ2n) is 6.19. The van der Waals surface area contributed by atoms with Crippen molar-refractivity contribution in [1.29, 1.82) is 0 Å². The van der Waals surface area contributed by atoms with Gasteiger partial charge in [-0.3, -0.25) is 9.69 Å². The molecule has 20 heavy (non-hydrogen) atoms. The summed E-state index contributed by atoms with van der Waals surface area (Å²) in [5.74, 6) is 1.37. The summed E-state index contributed by atoms with van der Waals surface area (Å²) in [6.45, 7) is 3.77. The van der Waals surface area contributed by atoms with Crippen molar-refractivity contribution in [3.8, 4) is 5.75 Å². The zero-order chi connectivity index (χ0) is 14.3. The first-order valence-electron chi connectivity index (χ1n) is 7.30. The Labute approximate surface area is 119 Å². The molecule has 3 rings (SSSR count). The predicted molar refractivity (Wildman–Crippen MR) is 75.7 cm³/mol. The Balaban J connectivity index is 1.66. The molecule has 2 aliphatic rings. The topological polar surface area (TPSA) is 60.8 Å². The van der Waals surface area contributed by atoms with E-state index >= 15 is 0 Å². The largest absolute Gasteiger partial charge is 0.508 e. The average Bonchev–Trinajstić information content (AvgIpc) is 2.95. The number of phenolic OH excluding ortho intramolecular Hbond substituents is 1. The van der Waals surface area contributed by atoms with Crippen molar-refractivity contribution < 1.29 is 15.0 Å². The molecule has 4 heteroatoms. The van der Waals surface area contributed by atoms with Gasteiger partial charge < -0.3 is 10.2 Å². The number of carbonyl (C=O) groups excluding carboxylic acids is 1. The van der Waals surface area contributed by atoms with Gasteiger partial charge in [-0.05, 0) is 55.9 Å². The number of fused-ring (bicyclic) bond motifs is 1. The summed E-state index contributed by atoms with van der Waals surface area (Å²) in [6, 6.07) is 6.32. The second-order valence-corrected chi connectivity index (χ2v) is 6.19. The van der Waals surface area contributed by atoms with Crippen LogP contribution < -0.4 is 0 Å². The molecule has 1 aliphatic carbocycles. The van der Waals surface area contributed by atoms with Gasteiger partial charge >= 0.3 is 0 Å². The molecule has 2 N–H and O–H groups in total. The maximum atomic E-state index is 12.5. The molecule has 108 valence electrons. The Morgan fingerprint density at radius 1 is 1.20 bits per heavy atom. The summed E-state index contributed by atoms with van der Waals surface area (Å²) in [7, 11) is 0. The van der Waals surface area contributed by atoms with Crippen LogP contribution in [0.15, 0.2) is 24.3 Å². The van der Waals surface area contributed by atoms with Crippen LogP contribution in [0.1, 0.15) is 30.1 Å². The molecule has 4 atom stereocenters. The molecule has 2 unspecified atom stereocenters. The quantitative estimate of drug-likeness (QED) is 0.824. The van der Waals surface area contributed by atoms with Crippen molar-refractivity contribution in [2.75, 3.05) is 13.1 Å². The van der Waals surface area contributed by atoms with E-state index in [0.29, 0.717) is 17.4 Å². The number of likely N-dealkylation sites (tertiary alicyclic amines) is 1. The number of phenols is 1. The molecular weight excluding hydrogens is 254 g/mol. The third-order valence-corrected chi connectivity index (χ3v) is 4.83. The summed E-state index contributed by atoms with van der Waals surface area (Å²) < 4.78 is 0. The zero-order valence-corrected chi connectivity index (χ0v) is 11.7. The lowest BCUT2D eigenvalue weighted by atomic mass is 10.0. The Hall–Kier alpha value is -1.39. The van der Waals surface area contributed by atoms with Crippen LogP contribution in [0.5, 0.6) is 5.75 Å². The van der Waals surface area contributed by atoms with Gasteiger partial charge in [-0.2, -0.15) is 0 Å². The monoisotopic (exact) mass is 275 g/mol. The molecule has 4 nitrogen and oxygen atoms in total. The van der Waals surface area contributed by atoms with Crippen molar-refractivity contribution in [3.63, 3.8) is 0 Å². The van der Waals surface area contributed by atoms with E-state index in [-0.39, 0.29) is 23.7 Å². The molecule has 2 fully saturated rings. The Kier molecular flexibility index (Phi) is 3.52.